The van der Waals surface area contributed by atoms with E-state index in [0.717, 1.165) is 64.2 Å². The van der Waals surface area contributed by atoms with Gasteiger partial charge >= 0.3 is 0 Å². The SMILES string of the molecule is C=CC(=O)CC1CCCC1Nc1ncc2cc(-c3c(Cl)c(OC)cc(OC)c3Cl)c(=O)n(CC3CC(NC(=O)/C=C/CN(C)C)C3)c2n1.C=CC(=O)CC1CCCC1Nc1ncc2cc(-c3c(Cl)c(OC)cc(OC)c3Cl)c(=O)n(CC3CCN(C(=O)/C=C/CN(C)C)C3)c2n1.C=CC(=O)CC1CCCC1Nc1ncc2cc(-c3c(Cl)c(OC)cc(OC)c3Cl)c(=O)n(CCN3CCN(C(=O)C=C)CC3)c2n1. The third kappa shape index (κ3) is 25.5. The molecule has 142 heavy (non-hydrogen) atoms. The van der Waals surface area contributed by atoms with Crippen LogP contribution in [0.3, 0.4) is 0 Å². The molecule has 4 saturated carbocycles. The van der Waals surface area contributed by atoms with Crippen molar-refractivity contribution in [2.45, 2.75) is 140 Å². The maximum atomic E-state index is 14.5. The van der Waals surface area contributed by atoms with Crippen LogP contribution in [0.5, 0.6) is 34.5 Å². The van der Waals surface area contributed by atoms with Crippen LogP contribution < -0.4 is 66.4 Å². The van der Waals surface area contributed by atoms with Crippen molar-refractivity contribution in [1.82, 2.24) is 73.4 Å². The van der Waals surface area contributed by atoms with Crippen molar-refractivity contribution in [1.29, 1.82) is 0 Å². The zero-order valence-electron chi connectivity index (χ0n) is 81.6. The van der Waals surface area contributed by atoms with Crippen molar-refractivity contribution >= 4 is 156 Å². The van der Waals surface area contributed by atoms with Crippen LogP contribution in [-0.4, -0.2) is 257 Å². The predicted molar refractivity (Wildman–Crippen MR) is 559 cm³/mol. The molecule has 0 bridgehead atoms. The van der Waals surface area contributed by atoms with Gasteiger partial charge in [0, 0.05) is 204 Å². The molecule has 9 aromatic rings. The number of carbonyl (C=O) groups excluding carboxylic acids is 6. The quantitative estimate of drug-likeness (QED) is 0.0260. The van der Waals surface area contributed by atoms with Gasteiger partial charge in [-0.25, -0.2) is 15.0 Å². The number of anilines is 3. The van der Waals surface area contributed by atoms with E-state index in [1.54, 1.807) is 90.6 Å². The summed E-state index contributed by atoms with van der Waals surface area (Å²) in [6.07, 6.45) is 29.0. The van der Waals surface area contributed by atoms with E-state index in [9.17, 15) is 43.2 Å². The van der Waals surface area contributed by atoms with Gasteiger partial charge in [0.2, 0.25) is 35.6 Å². The number of piperazine rings is 1. The molecule has 7 atom stereocenters. The maximum absolute atomic E-state index is 14.5. The number of methoxy groups -OCH3 is 6. The molecule has 2 saturated heterocycles. The zero-order valence-corrected chi connectivity index (χ0v) is 86.1. The number of amides is 3. The number of hydrogen-bond donors (Lipinski definition) is 4. The van der Waals surface area contributed by atoms with Gasteiger partial charge in [0.1, 0.15) is 51.4 Å². The van der Waals surface area contributed by atoms with Gasteiger partial charge in [0.15, 0.2) is 17.3 Å². The lowest BCUT2D eigenvalue weighted by Crippen LogP contribution is -2.49. The summed E-state index contributed by atoms with van der Waals surface area (Å²) in [4.78, 5) is 155. The van der Waals surface area contributed by atoms with E-state index in [1.165, 1.54) is 67.0 Å². The summed E-state index contributed by atoms with van der Waals surface area (Å²) in [5.41, 5.74) is 1.95. The Kier molecular flexibility index (Phi) is 37.4. The summed E-state index contributed by atoms with van der Waals surface area (Å²) >= 11 is 40.6. The van der Waals surface area contributed by atoms with Gasteiger partial charge < -0.3 is 69.3 Å². The number of rotatable bonds is 39. The van der Waals surface area contributed by atoms with Crippen molar-refractivity contribution in [3.05, 3.63) is 191 Å². The summed E-state index contributed by atoms with van der Waals surface area (Å²) in [6.45, 7) is 20.8. The standard InChI is InChI=1S/2C35H42Cl2N6O5.C33H38Cl2N6O5/c1-6-24(44)15-22-9-7-10-26(22)39-35-38-18-23-16-25(30-31(36)27(47-4)17-28(48-5)32(30)37)34(46)43(33(23)40-35)20-21-12-14-42(19-21)29(45)11-8-13-41(2)3;1-6-24(44)15-21-9-7-10-26(21)40-35-38-18-22-16-25(30-31(36)27(47-4)17-28(48-5)32(30)37)34(46)43(33(22)41-35)19-20-13-23(14-20)39-29(45)11-8-12-42(2)3;1-5-22(42)16-20-8-7-9-24(20)37-33-36-19-21-17-23(28-29(34)25(45-3)18-26(46-4)30(28)35)32(44)41(31(21)38-33)15-12-39-10-13-40(14-11-39)27(43)6-2/h6,8,11,16-18,21-22,26H,1,7,9-10,12-15,19-20H2,2-5H3,(H,38,39,40);6,8,11,16-18,20-21,23,26H,1,7,9-10,12-15,19H2,2-5H3,(H,39,45)(H,38,40,41);5-6,17-20,24H,1-2,7-16H2,3-4H3,(H,36,37,38)/b2*11-8+;. The third-order valence-corrected chi connectivity index (χ3v) is 29.3. The Morgan fingerprint density at radius 2 is 0.775 bits per heavy atom. The number of ether oxygens (including phenoxy) is 6. The largest absolute Gasteiger partial charge is 0.495 e. The van der Waals surface area contributed by atoms with Crippen LogP contribution in [0.15, 0.2) is 144 Å². The number of fused-ring (bicyclic) bond motifs is 3. The topological polar surface area (TPSA) is 365 Å². The minimum atomic E-state index is -0.350. The highest BCUT2D eigenvalue weighted by molar-refractivity contribution is 6.43. The molecule has 6 aliphatic rings. The average molecular weight is 2060 g/mol. The van der Waals surface area contributed by atoms with Crippen LogP contribution >= 0.6 is 69.6 Å². The number of halogens is 6. The van der Waals surface area contributed by atoms with Crippen LogP contribution in [0, 0.1) is 29.6 Å². The van der Waals surface area contributed by atoms with Crippen LogP contribution in [-0.2, 0) is 48.4 Å². The van der Waals surface area contributed by atoms with E-state index in [4.69, 9.17) is 113 Å². The molecule has 756 valence electrons. The molecule has 6 fully saturated rings. The molecule has 4 aliphatic carbocycles. The summed E-state index contributed by atoms with van der Waals surface area (Å²) in [7, 11) is 16.6. The van der Waals surface area contributed by atoms with E-state index in [0.29, 0.717) is 207 Å². The lowest BCUT2D eigenvalue weighted by atomic mass is 9.80. The minimum absolute atomic E-state index is 0.00589. The van der Waals surface area contributed by atoms with Crippen molar-refractivity contribution in [3.63, 3.8) is 0 Å². The second-order valence-corrected chi connectivity index (χ2v) is 39.1. The fourth-order valence-electron chi connectivity index (χ4n) is 19.4. The van der Waals surface area contributed by atoms with Gasteiger partial charge in [0.25, 0.3) is 16.7 Å². The molecule has 7 unspecified atom stereocenters. The number of hydrogen-bond acceptors (Lipinski definition) is 27. The van der Waals surface area contributed by atoms with E-state index in [-0.39, 0.29) is 158 Å². The fraction of sp³-hybridized carbons (Fsp3) is 0.447. The van der Waals surface area contributed by atoms with Crippen LogP contribution in [0.25, 0.3) is 66.5 Å². The normalized spacial score (nSPS) is 19.5. The number of nitrogens with zero attached hydrogens (tertiary/aromatic N) is 14. The van der Waals surface area contributed by atoms with Crippen molar-refractivity contribution < 1.29 is 57.2 Å². The summed E-state index contributed by atoms with van der Waals surface area (Å²) < 4.78 is 37.7. The molecule has 33 nitrogen and oxygen atoms in total. The molecule has 2 aliphatic heterocycles. The number of carbonyl (C=O) groups is 6. The van der Waals surface area contributed by atoms with Gasteiger partial charge in [0.05, 0.1) is 89.5 Å². The Labute approximate surface area is 855 Å². The Balaban J connectivity index is 0.000000179. The second-order valence-electron chi connectivity index (χ2n) is 36.9. The molecule has 8 heterocycles. The Morgan fingerprint density at radius 1 is 0.423 bits per heavy atom. The summed E-state index contributed by atoms with van der Waals surface area (Å²) in [5.74, 6) is 3.30. The molecule has 39 heteroatoms. The predicted octanol–water partition coefficient (Wildman–Crippen LogP) is 15.8. The summed E-state index contributed by atoms with van der Waals surface area (Å²) in [6, 6.07) is 9.86. The molecule has 3 aromatic carbocycles. The zero-order chi connectivity index (χ0) is 102. The number of pyridine rings is 3. The molecule has 6 aromatic heterocycles. The Bertz CT molecular complexity index is 6430. The third-order valence-electron chi connectivity index (χ3n) is 27.0. The van der Waals surface area contributed by atoms with Crippen molar-refractivity contribution in [3.8, 4) is 67.9 Å². The highest BCUT2D eigenvalue weighted by Crippen LogP contribution is 2.50. The Hall–Kier alpha value is -11.8. The lowest BCUT2D eigenvalue weighted by molar-refractivity contribution is -0.128. The van der Waals surface area contributed by atoms with Gasteiger partial charge in [-0.15, -0.1) is 0 Å². The van der Waals surface area contributed by atoms with Gasteiger partial charge in [-0.05, 0) is 158 Å². The average Bonchev–Trinajstić information content (AvgIpc) is 1.21. The number of ketones is 3. The second kappa shape index (κ2) is 49.5. The highest BCUT2D eigenvalue weighted by Gasteiger charge is 2.38. The number of allylic oxidation sites excluding steroid dienone is 3. The van der Waals surface area contributed by atoms with Crippen LogP contribution in [0.4, 0.5) is 17.8 Å². The molecule has 0 spiro atoms. The number of likely N-dealkylation sites (N-methyl/N-ethyl adjacent to an activating group) is 2. The molecular formula is C103H122Cl6N18O15. The van der Waals surface area contributed by atoms with Crippen molar-refractivity contribution in [2.24, 2.45) is 29.6 Å². The smallest absolute Gasteiger partial charge is 0.260 e. The maximum Gasteiger partial charge on any atom is 0.260 e. The summed E-state index contributed by atoms with van der Waals surface area (Å²) in [5, 5.41) is 16.2. The molecule has 3 amide bonds. The molecular weight excluding hydrogens is 1940 g/mol. The molecule has 15 rings (SSSR count). The van der Waals surface area contributed by atoms with E-state index in [2.05, 4.69) is 67.4 Å². The lowest BCUT2D eigenvalue weighted by Gasteiger charge is -2.36. The first kappa shape index (κ1) is 107. The first-order chi connectivity index (χ1) is 68.2. The van der Waals surface area contributed by atoms with Gasteiger partial charge in [-0.2, -0.15) is 15.0 Å². The minimum Gasteiger partial charge on any atom is -0.495 e. The van der Waals surface area contributed by atoms with E-state index >= 15 is 0 Å². The fourth-order valence-corrected chi connectivity index (χ4v) is 21.5. The monoisotopic (exact) mass is 2060 g/mol. The molecule has 0 radical (unpaired) electrons. The van der Waals surface area contributed by atoms with Crippen LogP contribution in [0.2, 0.25) is 30.1 Å². The highest BCUT2D eigenvalue weighted by atomic mass is 35.5. The Morgan fingerprint density at radius 3 is 1.13 bits per heavy atom. The number of nitrogens with one attached hydrogen (secondary N) is 4. The van der Waals surface area contributed by atoms with Gasteiger partial charge in [-0.1, -0.05) is 127 Å². The van der Waals surface area contributed by atoms with Crippen LogP contribution in [0.1, 0.15) is 96.3 Å². The van der Waals surface area contributed by atoms with E-state index in [1.807, 2.05) is 50.1 Å². The molecule has 4 N–H and O–H groups in total. The van der Waals surface area contributed by atoms with Gasteiger partial charge in [-0.3, -0.25) is 61.8 Å². The first-order valence-corrected chi connectivity index (χ1v) is 49.7. The first-order valence-electron chi connectivity index (χ1n) is 47.4. The number of benzene rings is 3. The number of likely N-dealkylation sites (tertiary alicyclic amines) is 1. The number of aromatic nitrogens is 9. The van der Waals surface area contributed by atoms with Crippen molar-refractivity contribution in [2.75, 3.05) is 146 Å². The van der Waals surface area contributed by atoms with E-state index < -0.39 is 0 Å².